The van der Waals surface area contributed by atoms with Gasteiger partial charge in [-0.25, -0.2) is 0 Å². The van der Waals surface area contributed by atoms with E-state index in [1.54, 1.807) is 12.1 Å². The van der Waals surface area contributed by atoms with Gasteiger partial charge in [-0.15, -0.1) is 0 Å². The topological polar surface area (TPSA) is 87.4 Å². The van der Waals surface area contributed by atoms with Crippen molar-refractivity contribution in [2.75, 3.05) is 4.90 Å². The van der Waals surface area contributed by atoms with Gasteiger partial charge in [-0.3, -0.25) is 19.8 Å². The van der Waals surface area contributed by atoms with Gasteiger partial charge in [-0.2, -0.15) is 5.26 Å². The molecule has 8 heteroatoms. The molecule has 1 saturated heterocycles. The SMILES string of the molecule is Cc1ccc(C)c(N2C(=O)/C(=C/c3cc(C)n(-c4ccc(OCc5ccccc5C#N)cc4)c3C)C(=O)NC2=S)c1. The molecule has 4 aromatic rings. The number of nitriles is 1. The number of carbonyl (C=O) groups excluding carboxylic acids is 2. The summed E-state index contributed by atoms with van der Waals surface area (Å²) in [5.74, 6) is -0.305. The minimum Gasteiger partial charge on any atom is -0.489 e. The fourth-order valence-electron chi connectivity index (χ4n) is 4.93. The minimum absolute atomic E-state index is 0.0150. The molecule has 7 nitrogen and oxygen atoms in total. The second-order valence-electron chi connectivity index (χ2n) is 9.96. The van der Waals surface area contributed by atoms with Crippen LogP contribution in [0.2, 0.25) is 0 Å². The van der Waals surface area contributed by atoms with Crippen molar-refractivity contribution in [2.24, 2.45) is 0 Å². The second kappa shape index (κ2) is 11.2. The molecule has 2 amide bonds. The molecule has 204 valence electrons. The molecule has 0 atom stereocenters. The van der Waals surface area contributed by atoms with E-state index in [1.165, 1.54) is 4.90 Å². The Morgan fingerprint density at radius 1 is 0.976 bits per heavy atom. The summed E-state index contributed by atoms with van der Waals surface area (Å²) in [4.78, 5) is 27.9. The van der Waals surface area contributed by atoms with Gasteiger partial charge in [0.1, 0.15) is 17.9 Å². The van der Waals surface area contributed by atoms with Gasteiger partial charge in [0.2, 0.25) is 0 Å². The Balaban J connectivity index is 1.41. The third-order valence-corrected chi connectivity index (χ3v) is 7.39. The Morgan fingerprint density at radius 2 is 1.71 bits per heavy atom. The number of thiocarbonyl (C=S) groups is 1. The van der Waals surface area contributed by atoms with Crippen molar-refractivity contribution >= 4 is 40.9 Å². The number of nitrogens with one attached hydrogen (secondary N) is 1. The molecule has 0 unspecified atom stereocenters. The largest absolute Gasteiger partial charge is 0.489 e. The zero-order valence-electron chi connectivity index (χ0n) is 23.2. The monoisotopic (exact) mass is 560 g/mol. The first-order valence-corrected chi connectivity index (χ1v) is 13.5. The standard InChI is InChI=1S/C33H28N4O3S/c1-20-9-10-21(2)30(15-20)37-32(39)29(31(38)35-33(37)41)17-26-16-22(3)36(23(26)4)27-11-13-28(14-12-27)40-19-25-8-6-5-7-24(25)18-34/h5-17H,19H2,1-4H3,(H,35,38,41)/b29-17+. The Labute approximate surface area is 244 Å². The molecular weight excluding hydrogens is 532 g/mol. The molecule has 0 bridgehead atoms. The normalized spacial score (nSPS) is 14.3. The highest BCUT2D eigenvalue weighted by Gasteiger charge is 2.35. The van der Waals surface area contributed by atoms with Crippen LogP contribution in [0.3, 0.4) is 0 Å². The summed E-state index contributed by atoms with van der Waals surface area (Å²) in [7, 11) is 0. The van der Waals surface area contributed by atoms with E-state index in [0.29, 0.717) is 23.6 Å². The lowest BCUT2D eigenvalue weighted by Gasteiger charge is -2.30. The molecule has 0 aliphatic carbocycles. The maximum absolute atomic E-state index is 13.6. The van der Waals surface area contributed by atoms with Crippen molar-refractivity contribution in [1.82, 2.24) is 9.88 Å². The average Bonchev–Trinajstić information content (AvgIpc) is 3.24. The third kappa shape index (κ3) is 5.40. The maximum Gasteiger partial charge on any atom is 0.270 e. The number of carbonyl (C=O) groups is 2. The third-order valence-electron chi connectivity index (χ3n) is 7.10. The second-order valence-corrected chi connectivity index (χ2v) is 10.3. The van der Waals surface area contributed by atoms with E-state index < -0.39 is 11.8 Å². The van der Waals surface area contributed by atoms with Crippen molar-refractivity contribution < 1.29 is 14.3 Å². The van der Waals surface area contributed by atoms with Crippen LogP contribution in [0.1, 0.15) is 39.2 Å². The smallest absolute Gasteiger partial charge is 0.270 e. The molecular formula is C33H28N4O3S. The van der Waals surface area contributed by atoms with E-state index in [1.807, 2.05) is 94.4 Å². The Bertz CT molecular complexity index is 1780. The van der Waals surface area contributed by atoms with Gasteiger partial charge in [-0.05, 0) is 105 Å². The van der Waals surface area contributed by atoms with Gasteiger partial charge < -0.3 is 9.30 Å². The van der Waals surface area contributed by atoms with Crippen LogP contribution in [0, 0.1) is 39.0 Å². The molecule has 1 aliphatic rings. The molecule has 41 heavy (non-hydrogen) atoms. The van der Waals surface area contributed by atoms with E-state index in [9.17, 15) is 14.9 Å². The van der Waals surface area contributed by atoms with Gasteiger partial charge in [0, 0.05) is 22.6 Å². The number of benzene rings is 3. The highest BCUT2D eigenvalue weighted by atomic mass is 32.1. The van der Waals surface area contributed by atoms with Crippen molar-refractivity contribution in [3.05, 3.63) is 118 Å². The number of hydrogen-bond acceptors (Lipinski definition) is 5. The molecule has 2 heterocycles. The average molecular weight is 561 g/mol. The van der Waals surface area contributed by atoms with E-state index in [4.69, 9.17) is 17.0 Å². The summed E-state index contributed by atoms with van der Waals surface area (Å²) in [6.07, 6.45) is 1.63. The van der Waals surface area contributed by atoms with Crippen LogP contribution in [-0.2, 0) is 16.2 Å². The van der Waals surface area contributed by atoms with Gasteiger partial charge >= 0.3 is 0 Å². The molecule has 0 spiro atoms. The molecule has 1 aromatic heterocycles. The summed E-state index contributed by atoms with van der Waals surface area (Å²) in [5.41, 5.74) is 7.42. The number of anilines is 1. The molecule has 3 aromatic carbocycles. The number of rotatable bonds is 6. The zero-order chi connectivity index (χ0) is 29.3. The number of aryl methyl sites for hydroxylation is 3. The summed E-state index contributed by atoms with van der Waals surface area (Å²) < 4.78 is 7.97. The van der Waals surface area contributed by atoms with Crippen molar-refractivity contribution in [2.45, 2.75) is 34.3 Å². The summed E-state index contributed by atoms with van der Waals surface area (Å²) in [6.45, 7) is 8.05. The van der Waals surface area contributed by atoms with Gasteiger partial charge in [-0.1, -0.05) is 30.3 Å². The molecule has 1 fully saturated rings. The fraction of sp³-hybridized carbons (Fsp3) is 0.152. The first-order valence-electron chi connectivity index (χ1n) is 13.1. The Morgan fingerprint density at radius 3 is 2.44 bits per heavy atom. The number of ether oxygens (including phenoxy) is 1. The summed E-state index contributed by atoms with van der Waals surface area (Å²) >= 11 is 5.39. The van der Waals surface area contributed by atoms with Gasteiger partial charge in [0.05, 0.1) is 17.3 Å². The van der Waals surface area contributed by atoms with E-state index in [-0.39, 0.29) is 10.7 Å². The van der Waals surface area contributed by atoms with Gasteiger partial charge in [0.15, 0.2) is 5.11 Å². The van der Waals surface area contributed by atoms with Crippen LogP contribution in [0.5, 0.6) is 5.75 Å². The zero-order valence-corrected chi connectivity index (χ0v) is 24.0. The number of nitrogens with zero attached hydrogens (tertiary/aromatic N) is 3. The van der Waals surface area contributed by atoms with Crippen molar-refractivity contribution in [1.29, 1.82) is 5.26 Å². The summed E-state index contributed by atoms with van der Waals surface area (Å²) in [5, 5.41) is 12.0. The Hall–Kier alpha value is -5.00. The minimum atomic E-state index is -0.522. The van der Waals surface area contributed by atoms with Crippen LogP contribution in [0.4, 0.5) is 5.69 Å². The van der Waals surface area contributed by atoms with Crippen LogP contribution in [-0.4, -0.2) is 21.5 Å². The van der Waals surface area contributed by atoms with E-state index in [2.05, 4.69) is 16.0 Å². The molecule has 1 N–H and O–H groups in total. The Kier molecular flexibility index (Phi) is 7.56. The van der Waals surface area contributed by atoms with Crippen LogP contribution < -0.4 is 15.0 Å². The van der Waals surface area contributed by atoms with E-state index in [0.717, 1.165) is 39.3 Å². The molecule has 1 aliphatic heterocycles. The first kappa shape index (κ1) is 27.6. The van der Waals surface area contributed by atoms with Crippen LogP contribution in [0.25, 0.3) is 11.8 Å². The predicted octanol–water partition coefficient (Wildman–Crippen LogP) is 5.99. The van der Waals surface area contributed by atoms with Crippen molar-refractivity contribution in [3.8, 4) is 17.5 Å². The van der Waals surface area contributed by atoms with Crippen LogP contribution in [0.15, 0.2) is 78.4 Å². The molecule has 0 radical (unpaired) electrons. The molecule has 0 saturated carbocycles. The molecule has 5 rings (SSSR count). The lowest BCUT2D eigenvalue weighted by atomic mass is 10.0. The highest BCUT2D eigenvalue weighted by molar-refractivity contribution is 7.80. The lowest BCUT2D eigenvalue weighted by Crippen LogP contribution is -2.54. The highest BCUT2D eigenvalue weighted by Crippen LogP contribution is 2.29. The summed E-state index contributed by atoms with van der Waals surface area (Å²) in [6, 6.07) is 24.9. The van der Waals surface area contributed by atoms with Gasteiger partial charge in [0.25, 0.3) is 11.8 Å². The fourth-order valence-corrected chi connectivity index (χ4v) is 5.20. The van der Waals surface area contributed by atoms with E-state index >= 15 is 0 Å². The maximum atomic E-state index is 13.6. The number of hydrogen-bond donors (Lipinski definition) is 1. The first-order chi connectivity index (χ1) is 19.7. The predicted molar refractivity (Wildman–Crippen MR) is 163 cm³/mol. The quantitative estimate of drug-likeness (QED) is 0.178. The lowest BCUT2D eigenvalue weighted by molar-refractivity contribution is -0.122. The van der Waals surface area contributed by atoms with Crippen LogP contribution >= 0.6 is 12.2 Å². The number of aromatic nitrogens is 1. The van der Waals surface area contributed by atoms with Crippen molar-refractivity contribution in [3.63, 3.8) is 0 Å². The number of amides is 2.